The Morgan fingerprint density at radius 2 is 1.86 bits per heavy atom. The maximum Gasteiger partial charge on any atom is 0.243 e. The van der Waals surface area contributed by atoms with E-state index in [9.17, 15) is 24.3 Å². The first-order chi connectivity index (χ1) is 16.9. The molecule has 0 spiro atoms. The normalized spacial score (nSPS) is 24.3. The number of hydrogen-bond acceptors (Lipinski definition) is 7. The van der Waals surface area contributed by atoms with Gasteiger partial charge in [-0.3, -0.25) is 19.2 Å². The first kappa shape index (κ1) is 24.3. The number of amides is 4. The van der Waals surface area contributed by atoms with Gasteiger partial charge in [-0.1, -0.05) is 35.5 Å². The first-order valence-electron chi connectivity index (χ1n) is 11.6. The molecule has 4 N–H and O–H groups in total. The molecule has 1 aromatic carbocycles. The summed E-state index contributed by atoms with van der Waals surface area (Å²) in [6.45, 7) is -0.346. The lowest BCUT2D eigenvalue weighted by molar-refractivity contribution is -0.139. The molecule has 3 heterocycles. The topological polar surface area (TPSA) is 159 Å². The van der Waals surface area contributed by atoms with Crippen molar-refractivity contribution in [2.24, 2.45) is 0 Å². The molecule has 2 aliphatic rings. The van der Waals surface area contributed by atoms with E-state index in [0.717, 1.165) is 5.56 Å². The maximum absolute atomic E-state index is 13.2. The van der Waals surface area contributed by atoms with E-state index in [1.54, 1.807) is 6.20 Å². The van der Waals surface area contributed by atoms with Crippen LogP contribution in [0.5, 0.6) is 0 Å². The minimum absolute atomic E-state index is 0.139. The van der Waals surface area contributed by atoms with Crippen LogP contribution >= 0.6 is 0 Å². The van der Waals surface area contributed by atoms with Crippen molar-refractivity contribution in [2.45, 2.75) is 50.4 Å². The highest BCUT2D eigenvalue weighted by Crippen LogP contribution is 2.18. The predicted molar refractivity (Wildman–Crippen MR) is 123 cm³/mol. The van der Waals surface area contributed by atoms with Gasteiger partial charge in [0.25, 0.3) is 0 Å². The molecule has 1 saturated heterocycles. The van der Waals surface area contributed by atoms with Gasteiger partial charge in [0.1, 0.15) is 18.6 Å². The number of nitrogens with one attached hydrogen (secondary N) is 3. The molecule has 1 aromatic heterocycles. The van der Waals surface area contributed by atoms with E-state index in [-0.39, 0.29) is 38.4 Å². The predicted octanol–water partition coefficient (Wildman–Crippen LogP) is -1.85. The van der Waals surface area contributed by atoms with E-state index in [4.69, 9.17) is 0 Å². The van der Waals surface area contributed by atoms with Gasteiger partial charge in [0.2, 0.25) is 23.6 Å². The maximum atomic E-state index is 13.2. The first-order valence-corrected chi connectivity index (χ1v) is 11.6. The Labute approximate surface area is 202 Å². The van der Waals surface area contributed by atoms with Crippen molar-refractivity contribution >= 4 is 23.6 Å². The zero-order valence-corrected chi connectivity index (χ0v) is 19.2. The number of fused-ring (bicyclic) bond motifs is 3. The number of carbonyl (C=O) groups excluding carboxylic acids is 4. The van der Waals surface area contributed by atoms with Crippen LogP contribution in [-0.2, 0) is 38.6 Å². The molecule has 12 nitrogen and oxygen atoms in total. The summed E-state index contributed by atoms with van der Waals surface area (Å²) in [4.78, 5) is 52.9. The Bertz CT molecular complexity index is 1070. The van der Waals surface area contributed by atoms with Gasteiger partial charge in [-0.05, 0) is 18.4 Å². The van der Waals surface area contributed by atoms with Gasteiger partial charge >= 0.3 is 0 Å². The third-order valence-electron chi connectivity index (χ3n) is 6.14. The second-order valence-electron chi connectivity index (χ2n) is 8.77. The van der Waals surface area contributed by atoms with Crippen LogP contribution in [0.3, 0.4) is 0 Å². The van der Waals surface area contributed by atoms with Crippen LogP contribution in [0.4, 0.5) is 0 Å². The van der Waals surface area contributed by atoms with E-state index < -0.39 is 35.8 Å². The van der Waals surface area contributed by atoms with Crippen molar-refractivity contribution < 1.29 is 24.3 Å². The largest absolute Gasteiger partial charge is 0.394 e. The number of carbonyl (C=O) groups is 4. The number of rotatable bonds is 3. The molecule has 2 aromatic rings. The van der Waals surface area contributed by atoms with Crippen molar-refractivity contribution in [3.8, 4) is 0 Å². The lowest BCUT2D eigenvalue weighted by atomic mass is 10.0. The van der Waals surface area contributed by atoms with E-state index >= 15 is 0 Å². The van der Waals surface area contributed by atoms with Gasteiger partial charge in [-0.2, -0.15) is 0 Å². The lowest BCUT2D eigenvalue weighted by Gasteiger charge is -2.27. The quantitative estimate of drug-likeness (QED) is 0.399. The van der Waals surface area contributed by atoms with Gasteiger partial charge in [-0.25, -0.2) is 4.68 Å². The molecule has 4 amide bonds. The molecule has 35 heavy (non-hydrogen) atoms. The van der Waals surface area contributed by atoms with Gasteiger partial charge in [0.15, 0.2) is 0 Å². The van der Waals surface area contributed by atoms with Crippen LogP contribution in [0.25, 0.3) is 0 Å². The number of benzene rings is 1. The number of nitrogens with zero attached hydrogens (tertiary/aromatic N) is 4. The Balaban J connectivity index is 1.60. The van der Waals surface area contributed by atoms with Crippen molar-refractivity contribution in [1.82, 2.24) is 35.8 Å². The van der Waals surface area contributed by atoms with E-state index in [0.29, 0.717) is 25.1 Å². The summed E-state index contributed by atoms with van der Waals surface area (Å²) in [5, 5.41) is 25.9. The molecule has 12 heteroatoms. The summed E-state index contributed by atoms with van der Waals surface area (Å²) in [6.07, 6.45) is 3.08. The third-order valence-corrected chi connectivity index (χ3v) is 6.14. The number of aromatic nitrogens is 3. The lowest BCUT2D eigenvalue weighted by Crippen LogP contribution is -2.56. The Hall–Kier alpha value is -3.80. The molecule has 4 rings (SSSR count). The van der Waals surface area contributed by atoms with E-state index in [2.05, 4.69) is 26.3 Å². The fraction of sp³-hybridized carbons (Fsp3) is 0.478. The van der Waals surface area contributed by atoms with Gasteiger partial charge in [0.05, 0.1) is 24.9 Å². The van der Waals surface area contributed by atoms with E-state index in [1.807, 2.05) is 30.3 Å². The van der Waals surface area contributed by atoms with Crippen LogP contribution in [0.15, 0.2) is 36.5 Å². The van der Waals surface area contributed by atoms with Crippen LogP contribution < -0.4 is 16.0 Å². The monoisotopic (exact) mass is 483 g/mol. The molecule has 2 aliphatic heterocycles. The summed E-state index contributed by atoms with van der Waals surface area (Å²) in [6, 6.07) is 6.96. The summed E-state index contributed by atoms with van der Waals surface area (Å²) in [5.74, 6) is -1.67. The van der Waals surface area contributed by atoms with Crippen molar-refractivity contribution in [3.63, 3.8) is 0 Å². The zero-order chi connectivity index (χ0) is 24.8. The van der Waals surface area contributed by atoms with Gasteiger partial charge in [0, 0.05) is 25.6 Å². The smallest absolute Gasteiger partial charge is 0.243 e. The number of hydrogen-bond donors (Lipinski definition) is 4. The van der Waals surface area contributed by atoms with Gasteiger partial charge < -0.3 is 26.0 Å². The summed E-state index contributed by atoms with van der Waals surface area (Å²) >= 11 is 0. The molecular formula is C23H29N7O5. The van der Waals surface area contributed by atoms with E-state index in [1.165, 1.54) is 9.58 Å². The van der Waals surface area contributed by atoms with Crippen LogP contribution in [0.1, 0.15) is 24.1 Å². The van der Waals surface area contributed by atoms with Crippen molar-refractivity contribution in [1.29, 1.82) is 0 Å². The van der Waals surface area contributed by atoms with Crippen molar-refractivity contribution in [3.05, 3.63) is 47.8 Å². The summed E-state index contributed by atoms with van der Waals surface area (Å²) in [5.41, 5.74) is 1.33. The Morgan fingerprint density at radius 3 is 2.63 bits per heavy atom. The zero-order valence-electron chi connectivity index (χ0n) is 19.2. The molecule has 2 bridgehead atoms. The number of aliphatic hydroxyl groups excluding tert-OH is 1. The van der Waals surface area contributed by atoms with Crippen molar-refractivity contribution in [2.75, 3.05) is 19.7 Å². The van der Waals surface area contributed by atoms with Crippen LogP contribution in [-0.4, -0.2) is 86.5 Å². The highest BCUT2D eigenvalue weighted by atomic mass is 16.3. The Kier molecular flexibility index (Phi) is 7.70. The van der Waals surface area contributed by atoms with Gasteiger partial charge in [-0.15, -0.1) is 5.10 Å². The molecule has 0 aliphatic carbocycles. The SMILES string of the molecule is O=C1Cn2cc(nn2)CC(CO)NC(=O)C(Cc2ccccc2)NC(=O)C2CCCN2C(=O)CN1. The third kappa shape index (κ3) is 6.21. The molecule has 3 atom stereocenters. The highest BCUT2D eigenvalue weighted by Gasteiger charge is 2.36. The molecule has 0 radical (unpaired) electrons. The molecule has 1 fully saturated rings. The van der Waals surface area contributed by atoms with Crippen LogP contribution in [0, 0.1) is 0 Å². The molecule has 3 unspecified atom stereocenters. The fourth-order valence-corrected chi connectivity index (χ4v) is 4.37. The minimum Gasteiger partial charge on any atom is -0.394 e. The second-order valence-corrected chi connectivity index (χ2v) is 8.77. The molecule has 186 valence electrons. The minimum atomic E-state index is -0.914. The fourth-order valence-electron chi connectivity index (χ4n) is 4.37. The second kappa shape index (κ2) is 11.1. The average molecular weight is 484 g/mol. The number of aliphatic hydroxyl groups is 1. The summed E-state index contributed by atoms with van der Waals surface area (Å²) in [7, 11) is 0. The molecular weight excluding hydrogens is 454 g/mol. The average Bonchev–Trinajstić information content (AvgIpc) is 3.51. The summed E-state index contributed by atoms with van der Waals surface area (Å²) < 4.78 is 1.32. The van der Waals surface area contributed by atoms with Crippen LogP contribution in [0.2, 0.25) is 0 Å². The highest BCUT2D eigenvalue weighted by molar-refractivity contribution is 5.93. The molecule has 0 saturated carbocycles. The Morgan fingerprint density at radius 1 is 1.06 bits per heavy atom. The standard InChI is InChI=1S/C23H29N7O5/c31-14-17-10-16-12-29(28-27-16)13-20(32)24-11-21(33)30-8-4-7-19(30)23(35)26-18(22(34)25-17)9-15-5-2-1-3-6-15/h1-3,5-6,12,17-19,31H,4,7-11,13-14H2,(H,24,32)(H,25,34)(H,26,35).